The molecule has 1 unspecified atom stereocenters. The number of benzene rings is 1. The average molecular weight is 246 g/mol. The number of rotatable bonds is 4. The third-order valence-corrected chi connectivity index (χ3v) is 3.40. The molecule has 0 aromatic heterocycles. The lowest BCUT2D eigenvalue weighted by molar-refractivity contribution is 0.222. The minimum atomic E-state index is 0.0746. The van der Waals surface area contributed by atoms with Gasteiger partial charge >= 0.3 is 0 Å². The van der Waals surface area contributed by atoms with Gasteiger partial charge in [-0.05, 0) is 30.5 Å². The first-order chi connectivity index (χ1) is 8.72. The van der Waals surface area contributed by atoms with Gasteiger partial charge in [-0.1, -0.05) is 24.3 Å². The van der Waals surface area contributed by atoms with E-state index in [-0.39, 0.29) is 6.04 Å². The van der Waals surface area contributed by atoms with Crippen molar-refractivity contribution in [1.29, 1.82) is 0 Å². The smallest absolute Gasteiger partial charge is 0.0674 e. The van der Waals surface area contributed by atoms with Gasteiger partial charge in [0.1, 0.15) is 0 Å². The van der Waals surface area contributed by atoms with Crippen molar-refractivity contribution >= 4 is 5.69 Å². The molecule has 18 heavy (non-hydrogen) atoms. The number of hydrogen-bond acceptors (Lipinski definition) is 3. The van der Waals surface area contributed by atoms with Crippen LogP contribution in [0, 0.1) is 0 Å². The highest BCUT2D eigenvalue weighted by atomic mass is 16.5. The highest BCUT2D eigenvalue weighted by molar-refractivity contribution is 5.56. The molecule has 1 aliphatic heterocycles. The molecule has 2 N–H and O–H groups in total. The van der Waals surface area contributed by atoms with Crippen LogP contribution in [0.1, 0.15) is 24.9 Å². The van der Waals surface area contributed by atoms with Gasteiger partial charge in [0, 0.05) is 31.9 Å². The van der Waals surface area contributed by atoms with Crippen molar-refractivity contribution in [3.8, 4) is 0 Å². The van der Waals surface area contributed by atoms with Crippen molar-refractivity contribution in [1.82, 2.24) is 0 Å². The van der Waals surface area contributed by atoms with Gasteiger partial charge in [0.15, 0.2) is 0 Å². The molecule has 1 aromatic carbocycles. The molecule has 0 bridgehead atoms. The number of nitrogens with zero attached hydrogens (tertiary/aromatic N) is 1. The van der Waals surface area contributed by atoms with E-state index in [9.17, 15) is 0 Å². The van der Waals surface area contributed by atoms with E-state index in [4.69, 9.17) is 10.5 Å². The molecule has 0 aliphatic carbocycles. The Bertz CT molecular complexity index is 426. The van der Waals surface area contributed by atoms with Crippen LogP contribution in [0.15, 0.2) is 35.9 Å². The summed E-state index contributed by atoms with van der Waals surface area (Å²) in [5.41, 5.74) is 9.92. The first-order valence-electron chi connectivity index (χ1n) is 6.48. The Balaban J connectivity index is 2.14. The molecule has 3 heteroatoms. The molecule has 2 rings (SSSR count). The summed E-state index contributed by atoms with van der Waals surface area (Å²) in [6.07, 6.45) is 3.34. The van der Waals surface area contributed by atoms with Crippen LogP contribution in [0.5, 0.6) is 0 Å². The van der Waals surface area contributed by atoms with E-state index in [2.05, 4.69) is 35.2 Å². The van der Waals surface area contributed by atoms with Crippen LogP contribution in [-0.4, -0.2) is 26.8 Å². The normalized spacial score (nSPS) is 17.5. The predicted molar refractivity (Wildman–Crippen MR) is 75.8 cm³/mol. The van der Waals surface area contributed by atoms with Gasteiger partial charge < -0.3 is 15.4 Å². The maximum absolute atomic E-state index is 6.03. The highest BCUT2D eigenvalue weighted by Crippen LogP contribution is 2.27. The fraction of sp³-hybridized carbons (Fsp3) is 0.467. The van der Waals surface area contributed by atoms with E-state index < -0.39 is 0 Å². The SMILES string of the molecule is COCC1=CCN(c2ccccc2C(C)N)CC1. The molecular formula is C15H22N2O. The van der Waals surface area contributed by atoms with Crippen LogP contribution in [-0.2, 0) is 4.74 Å². The number of para-hydroxylation sites is 1. The second kappa shape index (κ2) is 6.03. The van der Waals surface area contributed by atoms with E-state index in [0.29, 0.717) is 0 Å². The zero-order chi connectivity index (χ0) is 13.0. The minimum absolute atomic E-state index is 0.0746. The van der Waals surface area contributed by atoms with Crippen LogP contribution in [0.25, 0.3) is 0 Å². The molecule has 1 atom stereocenters. The highest BCUT2D eigenvalue weighted by Gasteiger charge is 2.16. The van der Waals surface area contributed by atoms with Gasteiger partial charge in [-0.15, -0.1) is 0 Å². The quantitative estimate of drug-likeness (QED) is 0.830. The Morgan fingerprint density at radius 2 is 2.17 bits per heavy atom. The van der Waals surface area contributed by atoms with Crippen molar-refractivity contribution in [3.05, 3.63) is 41.5 Å². The molecule has 0 saturated heterocycles. The van der Waals surface area contributed by atoms with E-state index in [0.717, 1.165) is 26.1 Å². The van der Waals surface area contributed by atoms with Crippen LogP contribution in [0.2, 0.25) is 0 Å². The monoisotopic (exact) mass is 246 g/mol. The zero-order valence-corrected chi connectivity index (χ0v) is 11.2. The lowest BCUT2D eigenvalue weighted by Gasteiger charge is -2.30. The Hall–Kier alpha value is -1.32. The van der Waals surface area contributed by atoms with E-state index in [1.165, 1.54) is 16.8 Å². The second-order valence-corrected chi connectivity index (χ2v) is 4.84. The number of anilines is 1. The fourth-order valence-electron chi connectivity index (χ4n) is 2.41. The lowest BCUT2D eigenvalue weighted by atomic mass is 10.0. The van der Waals surface area contributed by atoms with Gasteiger partial charge in [0.05, 0.1) is 6.61 Å². The average Bonchev–Trinajstić information content (AvgIpc) is 2.40. The lowest BCUT2D eigenvalue weighted by Crippen LogP contribution is -2.30. The minimum Gasteiger partial charge on any atom is -0.380 e. The van der Waals surface area contributed by atoms with Crippen molar-refractivity contribution in [3.63, 3.8) is 0 Å². The summed E-state index contributed by atoms with van der Waals surface area (Å²) in [5, 5.41) is 0. The zero-order valence-electron chi connectivity index (χ0n) is 11.2. The summed E-state index contributed by atoms with van der Waals surface area (Å²) in [7, 11) is 1.75. The second-order valence-electron chi connectivity index (χ2n) is 4.84. The molecule has 98 valence electrons. The topological polar surface area (TPSA) is 38.5 Å². The van der Waals surface area contributed by atoms with Crippen LogP contribution >= 0.6 is 0 Å². The Labute approximate surface area is 109 Å². The first kappa shape index (κ1) is 13.1. The summed E-state index contributed by atoms with van der Waals surface area (Å²) < 4.78 is 5.18. The Kier molecular flexibility index (Phi) is 4.39. The van der Waals surface area contributed by atoms with Crippen LogP contribution in [0.4, 0.5) is 5.69 Å². The molecule has 1 aromatic rings. The molecule has 0 spiro atoms. The summed E-state index contributed by atoms with van der Waals surface area (Å²) in [6, 6.07) is 8.49. The number of methoxy groups -OCH3 is 1. The molecule has 1 aliphatic rings. The maximum atomic E-state index is 6.03. The Morgan fingerprint density at radius 3 is 2.78 bits per heavy atom. The van der Waals surface area contributed by atoms with Gasteiger partial charge in [0.2, 0.25) is 0 Å². The Morgan fingerprint density at radius 1 is 1.39 bits per heavy atom. The standard InChI is InChI=1S/C15H22N2O/c1-12(16)14-5-3-4-6-15(14)17-9-7-13(8-10-17)11-18-2/h3-7,12H,8-11,16H2,1-2H3. The van der Waals surface area contributed by atoms with Crippen LogP contribution in [0.3, 0.4) is 0 Å². The molecule has 1 heterocycles. The van der Waals surface area contributed by atoms with Gasteiger partial charge in [-0.25, -0.2) is 0 Å². The van der Waals surface area contributed by atoms with Crippen molar-refractivity contribution in [2.45, 2.75) is 19.4 Å². The molecule has 3 nitrogen and oxygen atoms in total. The molecular weight excluding hydrogens is 224 g/mol. The third kappa shape index (κ3) is 2.92. The summed E-state index contributed by atoms with van der Waals surface area (Å²) >= 11 is 0. The van der Waals surface area contributed by atoms with E-state index >= 15 is 0 Å². The number of hydrogen-bond donors (Lipinski definition) is 1. The van der Waals surface area contributed by atoms with Crippen LogP contribution < -0.4 is 10.6 Å². The van der Waals surface area contributed by atoms with Crippen molar-refractivity contribution in [2.24, 2.45) is 5.73 Å². The maximum Gasteiger partial charge on any atom is 0.0674 e. The first-order valence-corrected chi connectivity index (χ1v) is 6.48. The largest absolute Gasteiger partial charge is 0.380 e. The van der Waals surface area contributed by atoms with Gasteiger partial charge in [-0.3, -0.25) is 0 Å². The third-order valence-electron chi connectivity index (χ3n) is 3.40. The number of ether oxygens (including phenoxy) is 1. The van der Waals surface area contributed by atoms with E-state index in [1.54, 1.807) is 7.11 Å². The van der Waals surface area contributed by atoms with Gasteiger partial charge in [0.25, 0.3) is 0 Å². The molecule has 0 amide bonds. The molecule has 0 fully saturated rings. The van der Waals surface area contributed by atoms with Gasteiger partial charge in [-0.2, -0.15) is 0 Å². The van der Waals surface area contributed by atoms with Crippen molar-refractivity contribution in [2.75, 3.05) is 31.7 Å². The fourth-order valence-corrected chi connectivity index (χ4v) is 2.41. The van der Waals surface area contributed by atoms with E-state index in [1.807, 2.05) is 6.92 Å². The predicted octanol–water partition coefficient (Wildman–Crippen LogP) is 2.49. The summed E-state index contributed by atoms with van der Waals surface area (Å²) in [4.78, 5) is 2.39. The number of nitrogens with two attached hydrogens (primary N) is 1. The molecule has 0 saturated carbocycles. The molecule has 0 radical (unpaired) electrons. The summed E-state index contributed by atoms with van der Waals surface area (Å²) in [6.45, 7) is 4.78. The van der Waals surface area contributed by atoms with Crippen molar-refractivity contribution < 1.29 is 4.74 Å². The summed E-state index contributed by atoms with van der Waals surface area (Å²) in [5.74, 6) is 0.